The van der Waals surface area contributed by atoms with E-state index in [1.807, 2.05) is 6.92 Å². The van der Waals surface area contributed by atoms with Crippen molar-refractivity contribution in [1.29, 1.82) is 0 Å². The second-order valence-corrected chi connectivity index (χ2v) is 3.86. The van der Waals surface area contributed by atoms with Crippen molar-refractivity contribution in [2.45, 2.75) is 13.3 Å². The minimum Gasteiger partial charge on any atom is -0.508 e. The molecule has 0 aromatic heterocycles. The maximum atomic E-state index is 12.1. The Morgan fingerprint density at radius 2 is 2.00 bits per heavy atom. The van der Waals surface area contributed by atoms with Gasteiger partial charge in [0.2, 0.25) is 0 Å². The number of hydrogen-bond acceptors (Lipinski definition) is 4. The molecule has 0 saturated heterocycles. The SMILES string of the molecule is CCCN(CC(N)=NO)C(=O)c1ccc(O)cc1. The highest BCUT2D eigenvalue weighted by atomic mass is 16.4. The highest BCUT2D eigenvalue weighted by Gasteiger charge is 2.16. The highest BCUT2D eigenvalue weighted by Crippen LogP contribution is 2.12. The summed E-state index contributed by atoms with van der Waals surface area (Å²) in [6.45, 7) is 2.52. The van der Waals surface area contributed by atoms with E-state index in [1.165, 1.54) is 29.2 Å². The molecule has 1 aromatic rings. The van der Waals surface area contributed by atoms with E-state index >= 15 is 0 Å². The van der Waals surface area contributed by atoms with E-state index in [9.17, 15) is 4.79 Å². The van der Waals surface area contributed by atoms with E-state index in [2.05, 4.69) is 5.16 Å². The van der Waals surface area contributed by atoms with Crippen molar-refractivity contribution >= 4 is 11.7 Å². The highest BCUT2D eigenvalue weighted by molar-refractivity contribution is 5.97. The van der Waals surface area contributed by atoms with Gasteiger partial charge >= 0.3 is 0 Å². The van der Waals surface area contributed by atoms with Gasteiger partial charge in [-0.05, 0) is 30.7 Å². The molecule has 0 aliphatic carbocycles. The fraction of sp³-hybridized carbons (Fsp3) is 0.333. The van der Waals surface area contributed by atoms with Crippen LogP contribution in [-0.4, -0.2) is 40.0 Å². The summed E-state index contributed by atoms with van der Waals surface area (Å²) >= 11 is 0. The second-order valence-electron chi connectivity index (χ2n) is 3.86. The van der Waals surface area contributed by atoms with Gasteiger partial charge in [0.15, 0.2) is 5.84 Å². The van der Waals surface area contributed by atoms with Gasteiger partial charge in [0.1, 0.15) is 5.75 Å². The Morgan fingerprint density at radius 1 is 1.39 bits per heavy atom. The van der Waals surface area contributed by atoms with Crippen molar-refractivity contribution in [3.63, 3.8) is 0 Å². The lowest BCUT2D eigenvalue weighted by atomic mass is 10.2. The first kappa shape index (κ1) is 13.8. The van der Waals surface area contributed by atoms with Crippen LogP contribution in [0.2, 0.25) is 0 Å². The Kier molecular flexibility index (Phi) is 4.98. The zero-order chi connectivity index (χ0) is 13.5. The molecule has 0 atom stereocenters. The van der Waals surface area contributed by atoms with Crippen molar-refractivity contribution in [3.8, 4) is 5.75 Å². The number of oxime groups is 1. The first-order valence-electron chi connectivity index (χ1n) is 5.63. The molecule has 6 nitrogen and oxygen atoms in total. The van der Waals surface area contributed by atoms with Crippen LogP contribution in [0, 0.1) is 0 Å². The number of carbonyl (C=O) groups excluding carboxylic acids is 1. The number of phenols is 1. The monoisotopic (exact) mass is 251 g/mol. The summed E-state index contributed by atoms with van der Waals surface area (Å²) in [5, 5.41) is 20.6. The molecular formula is C12H17N3O3. The van der Waals surface area contributed by atoms with Crippen LogP contribution in [0.4, 0.5) is 0 Å². The Bertz CT molecular complexity index is 429. The van der Waals surface area contributed by atoms with Gasteiger partial charge in [0.05, 0.1) is 6.54 Å². The molecule has 0 radical (unpaired) electrons. The minimum absolute atomic E-state index is 0.0180. The van der Waals surface area contributed by atoms with Crippen LogP contribution in [0.5, 0.6) is 5.75 Å². The molecule has 1 rings (SSSR count). The van der Waals surface area contributed by atoms with Gasteiger partial charge in [-0.1, -0.05) is 12.1 Å². The normalized spacial score (nSPS) is 11.3. The third kappa shape index (κ3) is 3.65. The summed E-state index contributed by atoms with van der Waals surface area (Å²) in [5.74, 6) is -0.135. The summed E-state index contributed by atoms with van der Waals surface area (Å²) < 4.78 is 0. The standard InChI is InChI=1S/C12H17N3O3/c1-2-7-15(8-11(13)14-18)12(17)9-3-5-10(16)6-4-9/h3-6,16,18H,2,7-8H2,1H3,(H2,13,14). The molecule has 0 heterocycles. The lowest BCUT2D eigenvalue weighted by Gasteiger charge is -2.21. The Balaban J connectivity index is 2.85. The molecule has 0 saturated carbocycles. The van der Waals surface area contributed by atoms with E-state index in [1.54, 1.807) is 0 Å². The molecule has 0 bridgehead atoms. The Morgan fingerprint density at radius 3 is 2.50 bits per heavy atom. The van der Waals surface area contributed by atoms with Crippen LogP contribution in [0.15, 0.2) is 29.4 Å². The van der Waals surface area contributed by atoms with Crippen LogP contribution >= 0.6 is 0 Å². The van der Waals surface area contributed by atoms with E-state index in [0.717, 1.165) is 6.42 Å². The average molecular weight is 251 g/mol. The van der Waals surface area contributed by atoms with Gasteiger partial charge < -0.3 is 20.9 Å². The molecular weight excluding hydrogens is 234 g/mol. The predicted molar refractivity (Wildman–Crippen MR) is 67.7 cm³/mol. The van der Waals surface area contributed by atoms with Crippen LogP contribution in [0.1, 0.15) is 23.7 Å². The average Bonchev–Trinajstić information content (AvgIpc) is 2.38. The topological polar surface area (TPSA) is 99.1 Å². The fourth-order valence-electron chi connectivity index (χ4n) is 1.54. The molecule has 1 aromatic carbocycles. The number of carbonyl (C=O) groups is 1. The predicted octanol–water partition coefficient (Wildman–Crippen LogP) is 0.991. The van der Waals surface area contributed by atoms with E-state index in [4.69, 9.17) is 16.0 Å². The lowest BCUT2D eigenvalue weighted by molar-refractivity contribution is 0.0778. The van der Waals surface area contributed by atoms with Crippen molar-refractivity contribution < 1.29 is 15.1 Å². The number of benzene rings is 1. The van der Waals surface area contributed by atoms with E-state index in [0.29, 0.717) is 12.1 Å². The minimum atomic E-state index is -0.219. The zero-order valence-electron chi connectivity index (χ0n) is 10.2. The summed E-state index contributed by atoms with van der Waals surface area (Å²) in [5.41, 5.74) is 5.86. The summed E-state index contributed by atoms with van der Waals surface area (Å²) in [4.78, 5) is 13.6. The number of hydrogen-bond donors (Lipinski definition) is 3. The lowest BCUT2D eigenvalue weighted by Crippen LogP contribution is -2.39. The molecule has 0 spiro atoms. The molecule has 6 heteroatoms. The third-order valence-corrected chi connectivity index (χ3v) is 2.38. The van der Waals surface area contributed by atoms with Crippen molar-refractivity contribution in [3.05, 3.63) is 29.8 Å². The van der Waals surface area contributed by atoms with Crippen molar-refractivity contribution in [1.82, 2.24) is 4.90 Å². The number of rotatable bonds is 5. The molecule has 4 N–H and O–H groups in total. The van der Waals surface area contributed by atoms with Gasteiger partial charge in [-0.25, -0.2) is 0 Å². The number of aromatic hydroxyl groups is 1. The van der Waals surface area contributed by atoms with Gasteiger partial charge in [-0.3, -0.25) is 4.79 Å². The number of amidine groups is 1. The summed E-state index contributed by atoms with van der Waals surface area (Å²) in [7, 11) is 0. The zero-order valence-corrected chi connectivity index (χ0v) is 10.2. The first-order chi connectivity index (χ1) is 8.58. The molecule has 98 valence electrons. The molecule has 18 heavy (non-hydrogen) atoms. The molecule has 0 fully saturated rings. The fourth-order valence-corrected chi connectivity index (χ4v) is 1.54. The number of nitrogens with two attached hydrogens (primary N) is 1. The van der Waals surface area contributed by atoms with Crippen LogP contribution < -0.4 is 5.73 Å². The molecule has 0 aliphatic rings. The van der Waals surface area contributed by atoms with E-state index < -0.39 is 0 Å². The molecule has 0 unspecified atom stereocenters. The quantitative estimate of drug-likeness (QED) is 0.314. The Hall–Kier alpha value is -2.24. The third-order valence-electron chi connectivity index (χ3n) is 2.38. The molecule has 1 amide bonds. The summed E-state index contributed by atoms with van der Waals surface area (Å²) in [6.07, 6.45) is 0.766. The van der Waals surface area contributed by atoms with Crippen LogP contribution in [0.25, 0.3) is 0 Å². The van der Waals surface area contributed by atoms with Gasteiger partial charge in [0.25, 0.3) is 5.91 Å². The number of phenolic OH excluding ortho intramolecular Hbond substituents is 1. The van der Waals surface area contributed by atoms with Crippen LogP contribution in [-0.2, 0) is 0 Å². The molecule has 0 aliphatic heterocycles. The van der Waals surface area contributed by atoms with E-state index in [-0.39, 0.29) is 24.0 Å². The van der Waals surface area contributed by atoms with Crippen molar-refractivity contribution in [2.75, 3.05) is 13.1 Å². The summed E-state index contributed by atoms with van der Waals surface area (Å²) in [6, 6.07) is 5.96. The first-order valence-corrected chi connectivity index (χ1v) is 5.63. The number of amides is 1. The largest absolute Gasteiger partial charge is 0.508 e. The maximum Gasteiger partial charge on any atom is 0.254 e. The van der Waals surface area contributed by atoms with Crippen LogP contribution in [0.3, 0.4) is 0 Å². The second kappa shape index (κ2) is 6.48. The van der Waals surface area contributed by atoms with Gasteiger partial charge in [-0.15, -0.1) is 0 Å². The Labute approximate surface area is 105 Å². The smallest absolute Gasteiger partial charge is 0.254 e. The van der Waals surface area contributed by atoms with Gasteiger partial charge in [0, 0.05) is 12.1 Å². The van der Waals surface area contributed by atoms with Gasteiger partial charge in [-0.2, -0.15) is 0 Å². The maximum absolute atomic E-state index is 12.1. The number of nitrogens with zero attached hydrogens (tertiary/aromatic N) is 2. The van der Waals surface area contributed by atoms with Crippen molar-refractivity contribution in [2.24, 2.45) is 10.9 Å².